The van der Waals surface area contributed by atoms with Crippen molar-refractivity contribution in [2.45, 2.75) is 13.1 Å². The molecule has 2 aromatic carbocycles. The van der Waals surface area contributed by atoms with Crippen LogP contribution in [0.25, 0.3) is 0 Å². The lowest BCUT2D eigenvalue weighted by molar-refractivity contribution is -0.131. The van der Waals surface area contributed by atoms with Gasteiger partial charge in [0.05, 0.1) is 6.54 Å². The zero-order chi connectivity index (χ0) is 15.1. The monoisotopic (exact) mass is 282 g/mol. The number of carbonyl (C=O) groups is 1. The summed E-state index contributed by atoms with van der Waals surface area (Å²) in [7, 11) is 3.83. The summed E-state index contributed by atoms with van der Waals surface area (Å²) in [5.74, 6) is 0.136. The molecule has 2 aromatic rings. The van der Waals surface area contributed by atoms with E-state index in [4.69, 9.17) is 0 Å². The van der Waals surface area contributed by atoms with E-state index in [1.165, 1.54) is 5.56 Å². The van der Waals surface area contributed by atoms with E-state index in [1.807, 2.05) is 67.5 Å². The van der Waals surface area contributed by atoms with Crippen molar-refractivity contribution in [3.63, 3.8) is 0 Å². The molecule has 3 heteroatoms. The molecule has 0 radical (unpaired) electrons. The molecule has 0 unspecified atom stereocenters. The van der Waals surface area contributed by atoms with Crippen LogP contribution in [0.5, 0.6) is 0 Å². The van der Waals surface area contributed by atoms with E-state index in [1.54, 1.807) is 4.90 Å². The highest BCUT2D eigenvalue weighted by molar-refractivity contribution is 5.77. The van der Waals surface area contributed by atoms with Crippen LogP contribution in [0.2, 0.25) is 0 Å². The molecular formula is C18H22N2O. The second-order valence-corrected chi connectivity index (χ2v) is 5.39. The van der Waals surface area contributed by atoms with Gasteiger partial charge in [0, 0.05) is 20.1 Å². The molecule has 0 spiro atoms. The van der Waals surface area contributed by atoms with Crippen molar-refractivity contribution in [3.05, 3.63) is 71.8 Å². The minimum absolute atomic E-state index is 0.136. The third-order valence-corrected chi connectivity index (χ3v) is 3.39. The topological polar surface area (TPSA) is 23.6 Å². The Labute approximate surface area is 126 Å². The normalized spacial score (nSPS) is 10.6. The fourth-order valence-electron chi connectivity index (χ4n) is 2.25. The largest absolute Gasteiger partial charge is 0.340 e. The molecule has 0 N–H and O–H groups in total. The second-order valence-electron chi connectivity index (χ2n) is 5.39. The van der Waals surface area contributed by atoms with E-state index in [2.05, 4.69) is 12.1 Å². The summed E-state index contributed by atoms with van der Waals surface area (Å²) in [5, 5.41) is 0. The fraction of sp³-hybridized carbons (Fsp3) is 0.278. The van der Waals surface area contributed by atoms with Gasteiger partial charge in [-0.05, 0) is 18.2 Å². The Hall–Kier alpha value is -2.13. The Morgan fingerprint density at radius 1 is 0.810 bits per heavy atom. The molecule has 0 saturated carbocycles. The molecule has 0 bridgehead atoms. The molecule has 0 atom stereocenters. The summed E-state index contributed by atoms with van der Waals surface area (Å²) in [6.07, 6.45) is 0. The van der Waals surface area contributed by atoms with Gasteiger partial charge in [-0.3, -0.25) is 9.69 Å². The summed E-state index contributed by atoms with van der Waals surface area (Å²) in [4.78, 5) is 16.0. The van der Waals surface area contributed by atoms with Crippen molar-refractivity contribution < 1.29 is 4.79 Å². The van der Waals surface area contributed by atoms with Crippen molar-refractivity contribution in [2.75, 3.05) is 20.6 Å². The van der Waals surface area contributed by atoms with Crippen LogP contribution in [-0.4, -0.2) is 36.3 Å². The summed E-state index contributed by atoms with van der Waals surface area (Å²) < 4.78 is 0. The summed E-state index contributed by atoms with van der Waals surface area (Å²) in [5.41, 5.74) is 2.37. The maximum Gasteiger partial charge on any atom is 0.236 e. The molecular weight excluding hydrogens is 260 g/mol. The van der Waals surface area contributed by atoms with E-state index in [0.717, 1.165) is 12.1 Å². The molecule has 21 heavy (non-hydrogen) atoms. The first-order valence-electron chi connectivity index (χ1n) is 7.15. The number of hydrogen-bond acceptors (Lipinski definition) is 2. The Morgan fingerprint density at radius 2 is 1.29 bits per heavy atom. The number of hydrogen-bond donors (Lipinski definition) is 0. The van der Waals surface area contributed by atoms with Gasteiger partial charge in [0.15, 0.2) is 0 Å². The van der Waals surface area contributed by atoms with Crippen molar-refractivity contribution in [2.24, 2.45) is 0 Å². The van der Waals surface area contributed by atoms with Gasteiger partial charge in [-0.1, -0.05) is 60.7 Å². The molecule has 0 fully saturated rings. The highest BCUT2D eigenvalue weighted by atomic mass is 16.2. The number of carbonyl (C=O) groups excluding carboxylic acids is 1. The first-order chi connectivity index (χ1) is 10.1. The number of amides is 1. The molecule has 0 saturated heterocycles. The molecule has 3 nitrogen and oxygen atoms in total. The number of likely N-dealkylation sites (N-methyl/N-ethyl adjacent to an activating group) is 2. The molecule has 0 heterocycles. The number of nitrogens with zero attached hydrogens (tertiary/aromatic N) is 2. The summed E-state index contributed by atoms with van der Waals surface area (Å²) >= 11 is 0. The van der Waals surface area contributed by atoms with Gasteiger partial charge in [-0.2, -0.15) is 0 Å². The van der Waals surface area contributed by atoms with Crippen LogP contribution in [0.4, 0.5) is 0 Å². The van der Waals surface area contributed by atoms with Gasteiger partial charge in [0.2, 0.25) is 5.91 Å². The predicted molar refractivity (Wildman–Crippen MR) is 85.7 cm³/mol. The van der Waals surface area contributed by atoms with E-state index < -0.39 is 0 Å². The highest BCUT2D eigenvalue weighted by Crippen LogP contribution is 2.05. The lowest BCUT2D eigenvalue weighted by atomic mass is 10.2. The van der Waals surface area contributed by atoms with Gasteiger partial charge in [-0.15, -0.1) is 0 Å². The van der Waals surface area contributed by atoms with E-state index in [0.29, 0.717) is 13.1 Å². The lowest BCUT2D eigenvalue weighted by Gasteiger charge is -2.22. The van der Waals surface area contributed by atoms with Gasteiger partial charge in [0.1, 0.15) is 0 Å². The minimum atomic E-state index is 0.136. The van der Waals surface area contributed by atoms with Gasteiger partial charge in [-0.25, -0.2) is 0 Å². The summed E-state index contributed by atoms with van der Waals surface area (Å²) in [6.45, 7) is 1.86. The average molecular weight is 282 g/mol. The van der Waals surface area contributed by atoms with Crippen molar-refractivity contribution >= 4 is 5.91 Å². The van der Waals surface area contributed by atoms with Crippen LogP contribution in [0, 0.1) is 0 Å². The lowest BCUT2D eigenvalue weighted by Crippen LogP contribution is -2.36. The molecule has 0 aliphatic heterocycles. The van der Waals surface area contributed by atoms with Crippen LogP contribution < -0.4 is 0 Å². The smallest absolute Gasteiger partial charge is 0.236 e. The third-order valence-electron chi connectivity index (χ3n) is 3.39. The van der Waals surface area contributed by atoms with Crippen LogP contribution >= 0.6 is 0 Å². The predicted octanol–water partition coefficient (Wildman–Crippen LogP) is 2.78. The molecule has 0 aliphatic carbocycles. The maximum absolute atomic E-state index is 12.2. The van der Waals surface area contributed by atoms with Gasteiger partial charge in [0.25, 0.3) is 0 Å². The van der Waals surface area contributed by atoms with Gasteiger partial charge >= 0.3 is 0 Å². The third kappa shape index (κ3) is 5.04. The molecule has 2 rings (SSSR count). The Bertz CT molecular complexity index is 554. The molecule has 1 amide bonds. The van der Waals surface area contributed by atoms with Crippen LogP contribution in [-0.2, 0) is 17.9 Å². The van der Waals surface area contributed by atoms with Crippen LogP contribution in [0.3, 0.4) is 0 Å². The Balaban J connectivity index is 1.83. The SMILES string of the molecule is CN(CC(=O)N(C)Cc1ccccc1)Cc1ccccc1. The standard InChI is InChI=1S/C18H22N2O/c1-19(13-16-9-5-3-6-10-16)15-18(21)20(2)14-17-11-7-4-8-12-17/h3-12H,13-15H2,1-2H3. The average Bonchev–Trinajstić information content (AvgIpc) is 2.49. The first-order valence-corrected chi connectivity index (χ1v) is 7.15. The van der Waals surface area contributed by atoms with Gasteiger partial charge < -0.3 is 4.90 Å². The first kappa shape index (κ1) is 15.3. The quantitative estimate of drug-likeness (QED) is 0.813. The molecule has 110 valence electrons. The molecule has 0 aromatic heterocycles. The summed E-state index contributed by atoms with van der Waals surface area (Å²) in [6, 6.07) is 20.3. The van der Waals surface area contributed by atoms with E-state index >= 15 is 0 Å². The van der Waals surface area contributed by atoms with Crippen molar-refractivity contribution in [3.8, 4) is 0 Å². The minimum Gasteiger partial charge on any atom is -0.340 e. The zero-order valence-corrected chi connectivity index (χ0v) is 12.7. The maximum atomic E-state index is 12.2. The Kier molecular flexibility index (Phi) is 5.52. The van der Waals surface area contributed by atoms with Crippen molar-refractivity contribution in [1.29, 1.82) is 0 Å². The van der Waals surface area contributed by atoms with Crippen LogP contribution in [0.1, 0.15) is 11.1 Å². The van der Waals surface area contributed by atoms with Crippen LogP contribution in [0.15, 0.2) is 60.7 Å². The zero-order valence-electron chi connectivity index (χ0n) is 12.7. The van der Waals surface area contributed by atoms with E-state index in [9.17, 15) is 4.79 Å². The number of benzene rings is 2. The second kappa shape index (κ2) is 7.60. The fourth-order valence-corrected chi connectivity index (χ4v) is 2.25. The Morgan fingerprint density at radius 3 is 1.81 bits per heavy atom. The van der Waals surface area contributed by atoms with Crippen molar-refractivity contribution in [1.82, 2.24) is 9.80 Å². The highest BCUT2D eigenvalue weighted by Gasteiger charge is 2.12. The van der Waals surface area contributed by atoms with E-state index in [-0.39, 0.29) is 5.91 Å². The number of rotatable bonds is 6. The molecule has 0 aliphatic rings.